The number of halogens is 2. The molecule has 0 amide bonds. The molecule has 0 aliphatic rings. The second-order valence-corrected chi connectivity index (χ2v) is 5.12. The van der Waals surface area contributed by atoms with E-state index in [-0.39, 0.29) is 6.04 Å². The maximum absolute atomic E-state index is 6.14. The zero-order chi connectivity index (χ0) is 14.5. The monoisotopic (exact) mass is 310 g/mol. The van der Waals surface area contributed by atoms with Crippen molar-refractivity contribution in [1.29, 1.82) is 0 Å². The lowest BCUT2D eigenvalue weighted by molar-refractivity contribution is 0.444. The third kappa shape index (κ3) is 3.42. The number of nitrogens with one attached hydrogen (secondary N) is 1. The fourth-order valence-electron chi connectivity index (χ4n) is 1.90. The number of hydrogen-bond acceptors (Lipinski definition) is 3. The average Bonchev–Trinajstić information content (AvgIpc) is 2.45. The SMILES string of the molecule is CCNC(C)c1cccnc1Oc1cccc(Cl)c1Cl. The number of pyridine rings is 1. The van der Waals surface area contributed by atoms with E-state index in [4.69, 9.17) is 27.9 Å². The lowest BCUT2D eigenvalue weighted by Gasteiger charge is -2.16. The van der Waals surface area contributed by atoms with Crippen LogP contribution in [0.4, 0.5) is 0 Å². The molecule has 1 aromatic heterocycles. The van der Waals surface area contributed by atoms with Crippen LogP contribution in [0.25, 0.3) is 0 Å². The van der Waals surface area contributed by atoms with Gasteiger partial charge in [-0.15, -0.1) is 0 Å². The van der Waals surface area contributed by atoms with Crippen LogP contribution in [0.3, 0.4) is 0 Å². The smallest absolute Gasteiger partial charge is 0.224 e. The van der Waals surface area contributed by atoms with Crippen LogP contribution >= 0.6 is 23.2 Å². The molecule has 1 heterocycles. The van der Waals surface area contributed by atoms with Crippen molar-refractivity contribution in [3.05, 3.63) is 52.1 Å². The third-order valence-electron chi connectivity index (χ3n) is 2.90. The fraction of sp³-hybridized carbons (Fsp3) is 0.267. The Morgan fingerprint density at radius 1 is 1.25 bits per heavy atom. The van der Waals surface area contributed by atoms with E-state index < -0.39 is 0 Å². The van der Waals surface area contributed by atoms with Crippen LogP contribution in [0, 0.1) is 0 Å². The molecule has 0 aliphatic heterocycles. The van der Waals surface area contributed by atoms with Gasteiger partial charge in [0.1, 0.15) is 10.8 Å². The highest BCUT2D eigenvalue weighted by Crippen LogP contribution is 2.35. The van der Waals surface area contributed by atoms with E-state index in [1.54, 1.807) is 24.4 Å². The van der Waals surface area contributed by atoms with Crippen LogP contribution in [0.2, 0.25) is 10.0 Å². The average molecular weight is 311 g/mol. The van der Waals surface area contributed by atoms with Gasteiger partial charge < -0.3 is 10.1 Å². The van der Waals surface area contributed by atoms with E-state index in [0.717, 1.165) is 12.1 Å². The molecule has 0 aliphatic carbocycles. The molecule has 0 bridgehead atoms. The number of aromatic nitrogens is 1. The molecule has 0 spiro atoms. The molecule has 20 heavy (non-hydrogen) atoms. The van der Waals surface area contributed by atoms with E-state index in [0.29, 0.717) is 21.7 Å². The first-order valence-electron chi connectivity index (χ1n) is 6.43. The molecule has 0 saturated heterocycles. The maximum atomic E-state index is 6.14. The lowest BCUT2D eigenvalue weighted by Crippen LogP contribution is -2.18. The molecule has 1 atom stereocenters. The van der Waals surface area contributed by atoms with Crippen molar-refractivity contribution in [2.75, 3.05) is 6.54 Å². The fourth-order valence-corrected chi connectivity index (χ4v) is 2.23. The van der Waals surface area contributed by atoms with E-state index in [9.17, 15) is 0 Å². The highest BCUT2D eigenvalue weighted by Gasteiger charge is 2.14. The van der Waals surface area contributed by atoms with Crippen LogP contribution in [-0.2, 0) is 0 Å². The second-order valence-electron chi connectivity index (χ2n) is 4.33. The Labute approximate surface area is 128 Å². The normalized spacial score (nSPS) is 12.2. The molecule has 2 rings (SSSR count). The first-order valence-corrected chi connectivity index (χ1v) is 7.19. The summed E-state index contributed by atoms with van der Waals surface area (Å²) in [4.78, 5) is 4.28. The van der Waals surface area contributed by atoms with Crippen molar-refractivity contribution in [1.82, 2.24) is 10.3 Å². The van der Waals surface area contributed by atoms with Crippen molar-refractivity contribution in [2.45, 2.75) is 19.9 Å². The predicted octanol–water partition coefficient (Wildman–Crippen LogP) is 4.85. The van der Waals surface area contributed by atoms with Gasteiger partial charge in [-0.25, -0.2) is 4.98 Å². The van der Waals surface area contributed by atoms with E-state index >= 15 is 0 Å². The molecular weight excluding hydrogens is 295 g/mol. The second kappa shape index (κ2) is 6.93. The quantitative estimate of drug-likeness (QED) is 0.857. The number of ether oxygens (including phenoxy) is 1. The molecule has 5 heteroatoms. The molecule has 2 aromatic rings. The Balaban J connectivity index is 2.32. The predicted molar refractivity (Wildman–Crippen MR) is 82.9 cm³/mol. The van der Waals surface area contributed by atoms with Gasteiger partial charge in [0.2, 0.25) is 5.88 Å². The Kier molecular flexibility index (Phi) is 5.24. The molecular formula is C15H16Cl2N2O. The van der Waals surface area contributed by atoms with E-state index in [1.165, 1.54) is 0 Å². The Morgan fingerprint density at radius 3 is 2.80 bits per heavy atom. The summed E-state index contributed by atoms with van der Waals surface area (Å²) < 4.78 is 5.82. The standard InChI is InChI=1S/C15H16Cl2N2O/c1-3-18-10(2)11-6-5-9-19-15(11)20-13-8-4-7-12(16)14(13)17/h4-10,18H,3H2,1-2H3. The summed E-state index contributed by atoms with van der Waals surface area (Å²) in [6.45, 7) is 4.99. The summed E-state index contributed by atoms with van der Waals surface area (Å²) in [5.74, 6) is 1.04. The molecule has 0 saturated carbocycles. The first kappa shape index (κ1) is 15.1. The van der Waals surface area contributed by atoms with E-state index in [2.05, 4.69) is 24.1 Å². The number of benzene rings is 1. The summed E-state index contributed by atoms with van der Waals surface area (Å²) in [5.41, 5.74) is 0.977. The lowest BCUT2D eigenvalue weighted by atomic mass is 10.1. The molecule has 0 radical (unpaired) electrons. The minimum atomic E-state index is 0.140. The van der Waals surface area contributed by atoms with Crippen LogP contribution in [0.15, 0.2) is 36.5 Å². The maximum Gasteiger partial charge on any atom is 0.224 e. The molecule has 106 valence electrons. The van der Waals surface area contributed by atoms with Gasteiger partial charge in [0, 0.05) is 17.8 Å². The van der Waals surface area contributed by atoms with Crippen molar-refractivity contribution in [2.24, 2.45) is 0 Å². The zero-order valence-electron chi connectivity index (χ0n) is 11.4. The zero-order valence-corrected chi connectivity index (χ0v) is 12.9. The number of hydrogen-bond donors (Lipinski definition) is 1. The molecule has 0 fully saturated rings. The first-order chi connectivity index (χ1) is 9.63. The molecule has 1 N–H and O–H groups in total. The van der Waals surface area contributed by atoms with Crippen LogP contribution in [0.1, 0.15) is 25.5 Å². The minimum Gasteiger partial charge on any atom is -0.437 e. The minimum absolute atomic E-state index is 0.140. The van der Waals surface area contributed by atoms with E-state index in [1.807, 2.05) is 12.1 Å². The van der Waals surface area contributed by atoms with Gasteiger partial charge >= 0.3 is 0 Å². The summed E-state index contributed by atoms with van der Waals surface area (Å²) in [5, 5.41) is 4.19. The van der Waals surface area contributed by atoms with Gasteiger partial charge in [-0.3, -0.25) is 0 Å². The van der Waals surface area contributed by atoms with Crippen molar-refractivity contribution in [3.8, 4) is 11.6 Å². The van der Waals surface area contributed by atoms with Crippen LogP contribution in [0.5, 0.6) is 11.6 Å². The Morgan fingerprint density at radius 2 is 2.05 bits per heavy atom. The third-order valence-corrected chi connectivity index (χ3v) is 3.70. The van der Waals surface area contributed by atoms with Crippen molar-refractivity contribution < 1.29 is 4.74 Å². The summed E-state index contributed by atoms with van der Waals surface area (Å²) in [6, 6.07) is 9.28. The van der Waals surface area contributed by atoms with Crippen LogP contribution in [-0.4, -0.2) is 11.5 Å². The molecule has 1 unspecified atom stereocenters. The summed E-state index contributed by atoms with van der Waals surface area (Å²) in [7, 11) is 0. The Hall–Kier alpha value is -1.29. The molecule has 3 nitrogen and oxygen atoms in total. The van der Waals surface area contributed by atoms with Crippen LogP contribution < -0.4 is 10.1 Å². The highest BCUT2D eigenvalue weighted by molar-refractivity contribution is 6.42. The van der Waals surface area contributed by atoms with Gasteiger partial charge in [0.05, 0.1) is 5.02 Å². The van der Waals surface area contributed by atoms with Gasteiger partial charge in [0.15, 0.2) is 0 Å². The summed E-state index contributed by atoms with van der Waals surface area (Å²) in [6.07, 6.45) is 1.69. The molecule has 1 aromatic carbocycles. The number of nitrogens with zero attached hydrogens (tertiary/aromatic N) is 1. The largest absolute Gasteiger partial charge is 0.437 e. The van der Waals surface area contributed by atoms with Gasteiger partial charge in [-0.1, -0.05) is 42.3 Å². The van der Waals surface area contributed by atoms with Gasteiger partial charge in [-0.05, 0) is 31.7 Å². The summed E-state index contributed by atoms with van der Waals surface area (Å²) >= 11 is 12.1. The van der Waals surface area contributed by atoms with Gasteiger partial charge in [0.25, 0.3) is 0 Å². The Bertz CT molecular complexity index is 590. The van der Waals surface area contributed by atoms with Crippen molar-refractivity contribution in [3.63, 3.8) is 0 Å². The number of rotatable bonds is 5. The highest BCUT2D eigenvalue weighted by atomic mass is 35.5. The van der Waals surface area contributed by atoms with Crippen molar-refractivity contribution >= 4 is 23.2 Å². The van der Waals surface area contributed by atoms with Gasteiger partial charge in [-0.2, -0.15) is 0 Å². The topological polar surface area (TPSA) is 34.2 Å².